The highest BCUT2D eigenvalue weighted by atomic mass is 32.2. The van der Waals surface area contributed by atoms with Gasteiger partial charge in [0, 0.05) is 34.9 Å². The molecule has 1 aromatic carbocycles. The van der Waals surface area contributed by atoms with E-state index in [0.717, 1.165) is 36.4 Å². The van der Waals surface area contributed by atoms with Crippen LogP contribution in [-0.4, -0.2) is 43.3 Å². The highest BCUT2D eigenvalue weighted by molar-refractivity contribution is 8.00. The van der Waals surface area contributed by atoms with Gasteiger partial charge >= 0.3 is 0 Å². The van der Waals surface area contributed by atoms with Crippen molar-refractivity contribution in [1.82, 2.24) is 19.9 Å². The van der Waals surface area contributed by atoms with Gasteiger partial charge in [0.25, 0.3) is 11.1 Å². The summed E-state index contributed by atoms with van der Waals surface area (Å²) < 4.78 is 0. The van der Waals surface area contributed by atoms with Gasteiger partial charge in [-0.1, -0.05) is 50.2 Å². The van der Waals surface area contributed by atoms with Crippen molar-refractivity contribution in [3.05, 3.63) is 68.5 Å². The molecule has 0 aliphatic carbocycles. The Bertz CT molecular complexity index is 1210. The van der Waals surface area contributed by atoms with E-state index in [1.54, 1.807) is 24.3 Å². The summed E-state index contributed by atoms with van der Waals surface area (Å²) in [6, 6.07) is 9.66. The molecule has 2 aromatic heterocycles. The SMILES string of the molecule is CCCc1cc(=O)[nH]c(SCC(=O)Nc2ccc(NC(=O)CSc3nc(CCC)cc(=O)[nH]3)cc2)n1. The largest absolute Gasteiger partial charge is 0.325 e. The lowest BCUT2D eigenvalue weighted by Crippen LogP contribution is -2.17. The number of benzene rings is 1. The molecule has 0 saturated carbocycles. The number of rotatable bonds is 12. The van der Waals surface area contributed by atoms with Crippen molar-refractivity contribution >= 4 is 46.7 Å². The highest BCUT2D eigenvalue weighted by Gasteiger charge is 2.09. The number of H-pyrrole nitrogens is 2. The maximum absolute atomic E-state index is 12.3. The molecule has 2 amide bonds. The third-order valence-electron chi connectivity index (χ3n) is 4.69. The first kappa shape index (κ1) is 27.2. The maximum Gasteiger partial charge on any atom is 0.251 e. The molecule has 0 fully saturated rings. The number of carbonyl (C=O) groups is 2. The highest BCUT2D eigenvalue weighted by Crippen LogP contribution is 2.17. The van der Waals surface area contributed by atoms with Gasteiger partial charge in [0.1, 0.15) is 0 Å². The Hall–Kier alpha value is -3.38. The minimum atomic E-state index is -0.247. The second-order valence-corrected chi connectivity index (χ2v) is 9.76. The molecule has 0 aliphatic rings. The van der Waals surface area contributed by atoms with Crippen molar-refractivity contribution in [2.75, 3.05) is 22.1 Å². The van der Waals surface area contributed by atoms with E-state index in [0.29, 0.717) is 45.9 Å². The van der Waals surface area contributed by atoms with E-state index in [-0.39, 0.29) is 34.4 Å². The van der Waals surface area contributed by atoms with Gasteiger partial charge in [-0.3, -0.25) is 19.2 Å². The van der Waals surface area contributed by atoms with Crippen molar-refractivity contribution < 1.29 is 9.59 Å². The quantitative estimate of drug-likeness (QED) is 0.207. The number of nitrogens with one attached hydrogen (secondary N) is 4. The van der Waals surface area contributed by atoms with Gasteiger partial charge in [0.15, 0.2) is 10.3 Å². The standard InChI is InChI=1S/C24H28N6O4S2/c1-3-5-17-11-19(31)29-23(27-17)35-13-21(33)25-15-7-9-16(10-8-15)26-22(34)14-36-24-28-18(6-4-2)12-20(32)30-24/h7-12H,3-6,13-14H2,1-2H3,(H,25,33)(H,26,34)(H,27,29,31)(H,28,30,32). The molecule has 3 aromatic rings. The van der Waals surface area contributed by atoms with Crippen LogP contribution in [-0.2, 0) is 22.4 Å². The fourth-order valence-corrected chi connectivity index (χ4v) is 4.56. The fraction of sp³-hybridized carbons (Fsp3) is 0.333. The van der Waals surface area contributed by atoms with E-state index < -0.39 is 0 Å². The number of carbonyl (C=O) groups excluding carboxylic acids is 2. The molecule has 0 radical (unpaired) electrons. The first-order chi connectivity index (χ1) is 17.3. The van der Waals surface area contributed by atoms with Crippen LogP contribution < -0.4 is 21.8 Å². The van der Waals surface area contributed by atoms with Crippen LogP contribution in [0.1, 0.15) is 38.1 Å². The number of anilines is 2. The summed E-state index contributed by atoms with van der Waals surface area (Å²) in [6.07, 6.45) is 3.16. The van der Waals surface area contributed by atoms with E-state index >= 15 is 0 Å². The van der Waals surface area contributed by atoms with Crippen molar-refractivity contribution in [1.29, 1.82) is 0 Å². The Morgan fingerprint density at radius 2 is 1.14 bits per heavy atom. The number of aryl methyl sites for hydroxylation is 2. The Kier molecular flexibility index (Phi) is 10.3. The van der Waals surface area contributed by atoms with Crippen LogP contribution >= 0.6 is 23.5 Å². The van der Waals surface area contributed by atoms with E-state index in [4.69, 9.17) is 0 Å². The summed E-state index contributed by atoms with van der Waals surface area (Å²) in [6.45, 7) is 4.01. The first-order valence-corrected chi connectivity index (χ1v) is 13.5. The molecule has 0 saturated heterocycles. The molecule has 12 heteroatoms. The van der Waals surface area contributed by atoms with Crippen LogP contribution in [0.3, 0.4) is 0 Å². The Morgan fingerprint density at radius 3 is 1.50 bits per heavy atom. The molecule has 0 spiro atoms. The van der Waals surface area contributed by atoms with E-state index in [1.807, 2.05) is 13.8 Å². The lowest BCUT2D eigenvalue weighted by atomic mass is 10.2. The van der Waals surface area contributed by atoms with Crippen LogP contribution in [0.25, 0.3) is 0 Å². The van der Waals surface area contributed by atoms with Gasteiger partial charge in [-0.05, 0) is 37.1 Å². The smallest absolute Gasteiger partial charge is 0.251 e. The predicted octanol–water partition coefficient (Wildman–Crippen LogP) is 3.22. The third-order valence-corrected chi connectivity index (χ3v) is 6.44. The summed E-state index contributed by atoms with van der Waals surface area (Å²) in [5.74, 6) is -0.319. The Morgan fingerprint density at radius 1 is 0.750 bits per heavy atom. The summed E-state index contributed by atoms with van der Waals surface area (Å²) in [5, 5.41) is 6.37. The lowest BCUT2D eigenvalue weighted by Gasteiger charge is -2.08. The van der Waals surface area contributed by atoms with Crippen LogP contribution in [0.2, 0.25) is 0 Å². The number of nitrogens with zero attached hydrogens (tertiary/aromatic N) is 2. The summed E-state index contributed by atoms with van der Waals surface area (Å²) >= 11 is 2.31. The molecular weight excluding hydrogens is 500 g/mol. The van der Waals surface area contributed by atoms with Gasteiger partial charge < -0.3 is 20.6 Å². The maximum atomic E-state index is 12.3. The van der Waals surface area contributed by atoms with Crippen LogP contribution in [0, 0.1) is 0 Å². The molecule has 3 rings (SSSR count). The molecule has 2 heterocycles. The van der Waals surface area contributed by atoms with Crippen LogP contribution in [0.15, 0.2) is 56.3 Å². The molecule has 36 heavy (non-hydrogen) atoms. The van der Waals surface area contributed by atoms with Gasteiger partial charge in [-0.25, -0.2) is 9.97 Å². The minimum Gasteiger partial charge on any atom is -0.325 e. The lowest BCUT2D eigenvalue weighted by molar-refractivity contribution is -0.114. The van der Waals surface area contributed by atoms with E-state index in [1.165, 1.54) is 12.1 Å². The van der Waals surface area contributed by atoms with Crippen molar-refractivity contribution in [2.45, 2.75) is 49.8 Å². The van der Waals surface area contributed by atoms with Crippen LogP contribution in [0.5, 0.6) is 0 Å². The average Bonchev–Trinajstić information content (AvgIpc) is 2.83. The molecular formula is C24H28N6O4S2. The van der Waals surface area contributed by atoms with Gasteiger partial charge in [-0.2, -0.15) is 0 Å². The number of amides is 2. The Balaban J connectivity index is 1.46. The monoisotopic (exact) mass is 528 g/mol. The summed E-state index contributed by atoms with van der Waals surface area (Å²) in [7, 11) is 0. The summed E-state index contributed by atoms with van der Waals surface area (Å²) in [5.41, 5.74) is 2.08. The van der Waals surface area contributed by atoms with Crippen LogP contribution in [0.4, 0.5) is 11.4 Å². The third kappa shape index (κ3) is 9.00. The molecule has 0 bridgehead atoms. The Labute approximate surface area is 216 Å². The van der Waals surface area contributed by atoms with Crippen molar-refractivity contribution in [3.63, 3.8) is 0 Å². The molecule has 0 atom stereocenters. The van der Waals surface area contributed by atoms with E-state index in [2.05, 4.69) is 30.6 Å². The predicted molar refractivity (Wildman–Crippen MR) is 143 cm³/mol. The summed E-state index contributed by atoms with van der Waals surface area (Å²) in [4.78, 5) is 62.1. The molecule has 4 N–H and O–H groups in total. The molecule has 10 nitrogen and oxygen atoms in total. The topological polar surface area (TPSA) is 150 Å². The second-order valence-electron chi connectivity index (χ2n) is 7.83. The zero-order valence-corrected chi connectivity index (χ0v) is 21.7. The number of hydrogen-bond donors (Lipinski definition) is 4. The van der Waals surface area contributed by atoms with Crippen molar-refractivity contribution in [3.8, 4) is 0 Å². The van der Waals surface area contributed by atoms with Gasteiger partial charge in [0.05, 0.1) is 11.5 Å². The molecule has 190 valence electrons. The molecule has 0 unspecified atom stereocenters. The average molecular weight is 529 g/mol. The molecule has 0 aliphatic heterocycles. The number of aromatic amines is 2. The first-order valence-electron chi connectivity index (χ1n) is 11.5. The minimum absolute atomic E-state index is 0.0871. The normalized spacial score (nSPS) is 10.7. The fourth-order valence-electron chi connectivity index (χ4n) is 3.17. The van der Waals surface area contributed by atoms with Gasteiger partial charge in [-0.15, -0.1) is 0 Å². The number of hydrogen-bond acceptors (Lipinski definition) is 8. The van der Waals surface area contributed by atoms with E-state index in [9.17, 15) is 19.2 Å². The van der Waals surface area contributed by atoms with Crippen molar-refractivity contribution in [2.24, 2.45) is 0 Å². The second kappa shape index (κ2) is 13.6. The number of thioether (sulfide) groups is 2. The van der Waals surface area contributed by atoms with Gasteiger partial charge in [0.2, 0.25) is 11.8 Å². The number of aromatic nitrogens is 4. The zero-order valence-electron chi connectivity index (χ0n) is 20.1. The zero-order chi connectivity index (χ0) is 25.9.